The summed E-state index contributed by atoms with van der Waals surface area (Å²) in [6, 6.07) is 12.9. The number of aromatic nitrogens is 3. The van der Waals surface area contributed by atoms with Gasteiger partial charge in [0.15, 0.2) is 0 Å². The number of benzene rings is 2. The average molecular weight is 444 g/mol. The molecule has 1 atom stereocenters. The lowest BCUT2D eigenvalue weighted by Crippen LogP contribution is -2.55. The van der Waals surface area contributed by atoms with Gasteiger partial charge in [0, 0.05) is 16.4 Å². The van der Waals surface area contributed by atoms with E-state index in [1.165, 1.54) is 11.8 Å². The van der Waals surface area contributed by atoms with Gasteiger partial charge in [-0.25, -0.2) is 0 Å². The monoisotopic (exact) mass is 443 g/mol. The molecule has 0 spiro atoms. The number of phenols is 1. The van der Waals surface area contributed by atoms with E-state index < -0.39 is 6.17 Å². The van der Waals surface area contributed by atoms with Crippen LogP contribution in [0.1, 0.15) is 11.7 Å². The molecular formula is C19H16BrN4O2S+. The van der Waals surface area contributed by atoms with Crippen LogP contribution in [0.3, 0.4) is 0 Å². The zero-order chi connectivity index (χ0) is 19.0. The Morgan fingerprint density at radius 2 is 2.15 bits per heavy atom. The van der Waals surface area contributed by atoms with E-state index in [9.17, 15) is 9.90 Å². The van der Waals surface area contributed by atoms with Crippen LogP contribution in [0.25, 0.3) is 11.3 Å². The van der Waals surface area contributed by atoms with Crippen molar-refractivity contribution in [3.8, 4) is 17.0 Å². The highest BCUT2D eigenvalue weighted by Gasteiger charge is 2.37. The molecule has 2 aromatic carbocycles. The van der Waals surface area contributed by atoms with Gasteiger partial charge >= 0.3 is 11.3 Å². The van der Waals surface area contributed by atoms with Crippen LogP contribution in [0.2, 0.25) is 0 Å². The number of nitrogens with one attached hydrogen (secondary N) is 2. The van der Waals surface area contributed by atoms with Crippen molar-refractivity contribution in [3.05, 3.63) is 75.5 Å². The summed E-state index contributed by atoms with van der Waals surface area (Å²) in [5, 5.41) is 18.4. The third kappa shape index (κ3) is 3.26. The van der Waals surface area contributed by atoms with Crippen molar-refractivity contribution < 1.29 is 9.79 Å². The van der Waals surface area contributed by atoms with Gasteiger partial charge in [-0.15, -0.1) is 6.58 Å². The normalized spacial score (nSPS) is 14.8. The number of fused-ring (bicyclic) bond motifs is 3. The van der Waals surface area contributed by atoms with Crippen molar-refractivity contribution in [2.24, 2.45) is 0 Å². The Bertz CT molecular complexity index is 1100. The lowest BCUT2D eigenvalue weighted by atomic mass is 10.0. The quantitative estimate of drug-likeness (QED) is 0.326. The number of aromatic amines is 1. The first-order valence-corrected chi connectivity index (χ1v) is 10.0. The van der Waals surface area contributed by atoms with Gasteiger partial charge in [0.2, 0.25) is 5.16 Å². The molecule has 1 aliphatic rings. The van der Waals surface area contributed by atoms with E-state index in [1.807, 2.05) is 36.4 Å². The van der Waals surface area contributed by atoms with Crippen molar-refractivity contribution in [3.63, 3.8) is 0 Å². The highest BCUT2D eigenvalue weighted by Crippen LogP contribution is 2.33. The molecule has 0 saturated heterocycles. The van der Waals surface area contributed by atoms with Crippen molar-refractivity contribution in [2.75, 3.05) is 11.1 Å². The Hall–Kier alpha value is -2.58. The first-order valence-electron chi connectivity index (χ1n) is 8.22. The molecule has 0 bridgehead atoms. The van der Waals surface area contributed by atoms with E-state index in [1.54, 1.807) is 16.8 Å². The van der Waals surface area contributed by atoms with E-state index in [0.29, 0.717) is 21.1 Å². The van der Waals surface area contributed by atoms with Gasteiger partial charge in [-0.2, -0.15) is 0 Å². The molecule has 6 nitrogen and oxygen atoms in total. The van der Waals surface area contributed by atoms with E-state index in [0.717, 1.165) is 16.8 Å². The first-order chi connectivity index (χ1) is 13.1. The van der Waals surface area contributed by atoms with Crippen LogP contribution >= 0.6 is 27.7 Å². The molecule has 0 fully saturated rings. The summed E-state index contributed by atoms with van der Waals surface area (Å²) in [6.07, 6.45) is 1.37. The van der Waals surface area contributed by atoms with Crippen LogP contribution in [0.4, 0.5) is 5.69 Å². The maximum Gasteiger partial charge on any atom is 0.325 e. The van der Waals surface area contributed by atoms with Crippen molar-refractivity contribution in [1.82, 2.24) is 10.1 Å². The van der Waals surface area contributed by atoms with Gasteiger partial charge < -0.3 is 10.4 Å². The van der Waals surface area contributed by atoms with Crippen LogP contribution in [-0.4, -0.2) is 20.9 Å². The summed E-state index contributed by atoms with van der Waals surface area (Å²) < 4.78 is 2.28. The molecule has 0 saturated carbocycles. The molecule has 0 radical (unpaired) electrons. The standard InChI is InChI=1S/C19H15BrN4O2S/c1-2-9-27-19-22-18(26)16-12-5-3-4-6-14(12)21-17(24(16)23-19)11-7-8-15(25)13(20)10-11/h2-8,10,17H,1,9H2,(H2,22,23,25,26)/p+1/t17-/m0/s1. The predicted molar refractivity (Wildman–Crippen MR) is 109 cm³/mol. The molecule has 8 heteroatoms. The highest BCUT2D eigenvalue weighted by atomic mass is 79.9. The van der Waals surface area contributed by atoms with E-state index in [2.05, 4.69) is 37.9 Å². The molecular weight excluding hydrogens is 428 g/mol. The van der Waals surface area contributed by atoms with Crippen LogP contribution in [0.15, 0.2) is 69.5 Å². The molecule has 4 rings (SSSR count). The Labute approximate surface area is 168 Å². The molecule has 3 N–H and O–H groups in total. The van der Waals surface area contributed by atoms with Crippen molar-refractivity contribution in [2.45, 2.75) is 11.3 Å². The SMILES string of the molecule is C=CCSc1n[n+]2c(c(=O)[nH]1)-c1ccccc1N[C@@H]2c1ccc(O)c(Br)c1. The molecule has 136 valence electrons. The fourth-order valence-electron chi connectivity index (χ4n) is 3.01. The van der Waals surface area contributed by atoms with Crippen LogP contribution in [0.5, 0.6) is 5.75 Å². The zero-order valence-electron chi connectivity index (χ0n) is 14.1. The molecule has 3 aromatic rings. The van der Waals surface area contributed by atoms with Gasteiger partial charge in [-0.3, -0.25) is 9.78 Å². The molecule has 2 heterocycles. The lowest BCUT2D eigenvalue weighted by molar-refractivity contribution is -0.759. The van der Waals surface area contributed by atoms with E-state index >= 15 is 0 Å². The third-order valence-corrected chi connectivity index (χ3v) is 5.70. The summed E-state index contributed by atoms with van der Waals surface area (Å²) in [4.78, 5) is 15.7. The number of aromatic hydroxyl groups is 1. The second kappa shape index (κ2) is 7.21. The second-order valence-corrected chi connectivity index (χ2v) is 7.82. The topological polar surface area (TPSA) is 81.9 Å². The predicted octanol–water partition coefficient (Wildman–Crippen LogP) is 3.44. The maximum atomic E-state index is 12.9. The number of phenolic OH excluding ortho intramolecular Hbond substituents is 1. The number of hydrogen-bond acceptors (Lipinski definition) is 5. The molecule has 27 heavy (non-hydrogen) atoms. The largest absolute Gasteiger partial charge is 0.507 e. The van der Waals surface area contributed by atoms with Gasteiger partial charge in [0.1, 0.15) is 5.75 Å². The number of para-hydroxylation sites is 1. The Morgan fingerprint density at radius 3 is 2.93 bits per heavy atom. The van der Waals surface area contributed by atoms with Gasteiger partial charge in [-0.05, 0) is 50.9 Å². The molecule has 1 aliphatic heterocycles. The minimum atomic E-state index is -0.391. The number of rotatable bonds is 4. The average Bonchev–Trinajstić information content (AvgIpc) is 2.67. The number of thioether (sulfide) groups is 1. The minimum Gasteiger partial charge on any atom is -0.507 e. The van der Waals surface area contributed by atoms with Gasteiger partial charge in [-0.1, -0.05) is 30.0 Å². The lowest BCUT2D eigenvalue weighted by Gasteiger charge is -2.22. The first kappa shape index (κ1) is 17.8. The van der Waals surface area contributed by atoms with Crippen molar-refractivity contribution >= 4 is 33.4 Å². The Balaban J connectivity index is 1.93. The van der Waals surface area contributed by atoms with Crippen LogP contribution < -0.4 is 15.6 Å². The highest BCUT2D eigenvalue weighted by molar-refractivity contribution is 9.10. The van der Waals surface area contributed by atoms with Crippen molar-refractivity contribution in [1.29, 1.82) is 0 Å². The second-order valence-electron chi connectivity index (χ2n) is 5.96. The molecule has 1 aromatic heterocycles. The number of halogens is 1. The molecule has 0 aliphatic carbocycles. The smallest absolute Gasteiger partial charge is 0.325 e. The number of anilines is 1. The van der Waals surface area contributed by atoms with Crippen LogP contribution in [0, 0.1) is 0 Å². The van der Waals surface area contributed by atoms with E-state index in [4.69, 9.17) is 0 Å². The summed E-state index contributed by atoms with van der Waals surface area (Å²) in [5.74, 6) is 0.795. The maximum absolute atomic E-state index is 12.9. The zero-order valence-corrected chi connectivity index (χ0v) is 16.5. The summed E-state index contributed by atoms with van der Waals surface area (Å²) >= 11 is 4.77. The summed E-state index contributed by atoms with van der Waals surface area (Å²) in [5.41, 5.74) is 2.79. The Morgan fingerprint density at radius 1 is 1.33 bits per heavy atom. The fraction of sp³-hybridized carbons (Fsp3) is 0.105. The number of hydrogen-bond donors (Lipinski definition) is 3. The van der Waals surface area contributed by atoms with Crippen LogP contribution in [-0.2, 0) is 0 Å². The third-order valence-electron chi connectivity index (χ3n) is 4.21. The van der Waals surface area contributed by atoms with E-state index in [-0.39, 0.29) is 11.3 Å². The Kier molecular flexibility index (Phi) is 4.75. The fourth-order valence-corrected chi connectivity index (χ4v) is 3.99. The molecule has 0 unspecified atom stereocenters. The minimum absolute atomic E-state index is 0.154. The van der Waals surface area contributed by atoms with Gasteiger partial charge in [0.05, 0.1) is 15.7 Å². The summed E-state index contributed by atoms with van der Waals surface area (Å²) in [6.45, 7) is 3.71. The summed E-state index contributed by atoms with van der Waals surface area (Å²) in [7, 11) is 0. The number of nitrogens with zero attached hydrogens (tertiary/aromatic N) is 2. The number of H-pyrrole nitrogens is 1. The van der Waals surface area contributed by atoms with Gasteiger partial charge in [0.25, 0.3) is 6.17 Å². The molecule has 0 amide bonds.